The molecule has 1 unspecified atom stereocenters. The first-order chi connectivity index (χ1) is 7.97. The number of nitrogens with zero attached hydrogens (tertiary/aromatic N) is 1. The number of hydrogen-bond acceptors (Lipinski definition) is 3. The van der Waals surface area contributed by atoms with Crippen molar-refractivity contribution in [3.63, 3.8) is 0 Å². The summed E-state index contributed by atoms with van der Waals surface area (Å²) < 4.78 is 0. The number of phenols is 1. The fourth-order valence-corrected chi connectivity index (χ4v) is 1.85. The standard InChI is InChI=1S/C14H22N2O/c1-5-8-16(10(2)3)12-6-7-13(11(4)15)14(17)9-12/h5-7,9-11,17H,1,8,15H2,2-4H3. The lowest BCUT2D eigenvalue weighted by atomic mass is 10.1. The smallest absolute Gasteiger partial charge is 0.122 e. The third kappa shape index (κ3) is 3.24. The van der Waals surface area contributed by atoms with Gasteiger partial charge in [0.2, 0.25) is 0 Å². The number of phenolic OH excluding ortho intramolecular Hbond substituents is 1. The van der Waals surface area contributed by atoms with Gasteiger partial charge in [0.05, 0.1) is 0 Å². The highest BCUT2D eigenvalue weighted by Gasteiger charge is 2.12. The van der Waals surface area contributed by atoms with Crippen molar-refractivity contribution in [1.29, 1.82) is 0 Å². The highest BCUT2D eigenvalue weighted by molar-refractivity contribution is 5.54. The molecule has 0 saturated carbocycles. The molecule has 0 aromatic heterocycles. The third-order valence-corrected chi connectivity index (χ3v) is 2.79. The van der Waals surface area contributed by atoms with Crippen LogP contribution in [-0.4, -0.2) is 17.7 Å². The molecule has 1 aromatic carbocycles. The Morgan fingerprint density at radius 2 is 2.06 bits per heavy atom. The maximum absolute atomic E-state index is 9.93. The van der Waals surface area contributed by atoms with E-state index >= 15 is 0 Å². The Kier molecular flexibility index (Phi) is 4.58. The Bertz CT molecular complexity index is 386. The highest BCUT2D eigenvalue weighted by Crippen LogP contribution is 2.28. The van der Waals surface area contributed by atoms with Crippen LogP contribution in [0.2, 0.25) is 0 Å². The van der Waals surface area contributed by atoms with Gasteiger partial charge in [0, 0.05) is 35.9 Å². The minimum Gasteiger partial charge on any atom is -0.508 e. The largest absolute Gasteiger partial charge is 0.508 e. The lowest BCUT2D eigenvalue weighted by Gasteiger charge is -2.28. The Hall–Kier alpha value is -1.48. The predicted octanol–water partition coefficient (Wildman–Crippen LogP) is 2.81. The second-order valence-electron chi connectivity index (χ2n) is 4.57. The van der Waals surface area contributed by atoms with Gasteiger partial charge in [0.25, 0.3) is 0 Å². The lowest BCUT2D eigenvalue weighted by molar-refractivity contribution is 0.463. The molecule has 0 heterocycles. The van der Waals surface area contributed by atoms with E-state index in [-0.39, 0.29) is 11.8 Å². The minimum absolute atomic E-state index is 0.157. The zero-order valence-corrected chi connectivity index (χ0v) is 10.9. The summed E-state index contributed by atoms with van der Waals surface area (Å²) in [5.41, 5.74) is 7.53. The van der Waals surface area contributed by atoms with Crippen LogP contribution in [0.15, 0.2) is 30.9 Å². The van der Waals surface area contributed by atoms with Crippen LogP contribution in [0.5, 0.6) is 5.75 Å². The summed E-state index contributed by atoms with van der Waals surface area (Å²) in [6.45, 7) is 10.6. The molecule has 0 spiro atoms. The first-order valence-corrected chi connectivity index (χ1v) is 5.93. The van der Waals surface area contributed by atoms with E-state index in [1.807, 2.05) is 25.1 Å². The fraction of sp³-hybridized carbons (Fsp3) is 0.429. The van der Waals surface area contributed by atoms with Gasteiger partial charge in [-0.25, -0.2) is 0 Å². The van der Waals surface area contributed by atoms with Crippen LogP contribution in [0.3, 0.4) is 0 Å². The van der Waals surface area contributed by atoms with E-state index < -0.39 is 0 Å². The summed E-state index contributed by atoms with van der Waals surface area (Å²) in [6.07, 6.45) is 1.86. The van der Waals surface area contributed by atoms with Crippen LogP contribution in [-0.2, 0) is 0 Å². The number of rotatable bonds is 5. The number of aromatic hydroxyl groups is 1. The average Bonchev–Trinajstić information content (AvgIpc) is 2.24. The van der Waals surface area contributed by atoms with Gasteiger partial charge in [-0.1, -0.05) is 12.1 Å². The highest BCUT2D eigenvalue weighted by atomic mass is 16.3. The molecule has 1 rings (SSSR count). The summed E-state index contributed by atoms with van der Waals surface area (Å²) in [5.74, 6) is 0.257. The molecule has 3 heteroatoms. The quantitative estimate of drug-likeness (QED) is 0.770. The second kappa shape index (κ2) is 5.73. The molecule has 0 aliphatic heterocycles. The lowest BCUT2D eigenvalue weighted by Crippen LogP contribution is -2.30. The van der Waals surface area contributed by atoms with Gasteiger partial charge in [0.1, 0.15) is 5.75 Å². The zero-order chi connectivity index (χ0) is 13.0. The summed E-state index contributed by atoms with van der Waals surface area (Å²) in [6, 6.07) is 5.84. The first-order valence-electron chi connectivity index (χ1n) is 5.93. The van der Waals surface area contributed by atoms with Crippen LogP contribution in [0.25, 0.3) is 0 Å². The molecule has 0 amide bonds. The van der Waals surface area contributed by atoms with Crippen LogP contribution in [0.1, 0.15) is 32.4 Å². The molecule has 0 saturated heterocycles. The van der Waals surface area contributed by atoms with Crippen LogP contribution in [0.4, 0.5) is 5.69 Å². The molecule has 0 bridgehead atoms. The molecule has 3 nitrogen and oxygen atoms in total. The third-order valence-electron chi connectivity index (χ3n) is 2.79. The van der Waals surface area contributed by atoms with E-state index in [1.54, 1.807) is 6.07 Å². The molecular formula is C14H22N2O. The number of anilines is 1. The average molecular weight is 234 g/mol. The fourth-order valence-electron chi connectivity index (χ4n) is 1.85. The van der Waals surface area contributed by atoms with Crippen molar-refractivity contribution in [1.82, 2.24) is 0 Å². The maximum atomic E-state index is 9.93. The summed E-state index contributed by atoms with van der Waals surface area (Å²) in [7, 11) is 0. The van der Waals surface area contributed by atoms with Gasteiger partial charge in [-0.05, 0) is 26.8 Å². The van der Waals surface area contributed by atoms with Crippen molar-refractivity contribution >= 4 is 5.69 Å². The van der Waals surface area contributed by atoms with E-state index in [2.05, 4.69) is 25.3 Å². The van der Waals surface area contributed by atoms with Gasteiger partial charge < -0.3 is 15.7 Å². The van der Waals surface area contributed by atoms with E-state index in [0.717, 1.165) is 17.8 Å². The van der Waals surface area contributed by atoms with Crippen molar-refractivity contribution in [2.75, 3.05) is 11.4 Å². The monoisotopic (exact) mass is 234 g/mol. The SMILES string of the molecule is C=CCN(c1ccc(C(C)N)c(O)c1)C(C)C. The summed E-state index contributed by atoms with van der Waals surface area (Å²) in [4.78, 5) is 2.16. The topological polar surface area (TPSA) is 49.5 Å². The summed E-state index contributed by atoms with van der Waals surface area (Å²) >= 11 is 0. The van der Waals surface area contributed by atoms with Crippen LogP contribution >= 0.6 is 0 Å². The van der Waals surface area contributed by atoms with E-state index in [1.165, 1.54) is 0 Å². The second-order valence-corrected chi connectivity index (χ2v) is 4.57. The van der Waals surface area contributed by atoms with Gasteiger partial charge in [0.15, 0.2) is 0 Å². The zero-order valence-electron chi connectivity index (χ0n) is 10.9. The summed E-state index contributed by atoms with van der Waals surface area (Å²) in [5, 5.41) is 9.93. The molecule has 94 valence electrons. The Morgan fingerprint density at radius 3 is 2.47 bits per heavy atom. The van der Waals surface area contributed by atoms with Gasteiger partial charge in [-0.15, -0.1) is 6.58 Å². The van der Waals surface area contributed by atoms with Gasteiger partial charge in [-0.2, -0.15) is 0 Å². The molecule has 0 aliphatic rings. The molecule has 1 aromatic rings. The van der Waals surface area contributed by atoms with Crippen molar-refractivity contribution in [2.24, 2.45) is 5.73 Å². The normalized spacial score (nSPS) is 12.5. The number of benzene rings is 1. The molecule has 0 aliphatic carbocycles. The maximum Gasteiger partial charge on any atom is 0.122 e. The number of nitrogens with two attached hydrogens (primary N) is 1. The van der Waals surface area contributed by atoms with Gasteiger partial charge in [-0.3, -0.25) is 0 Å². The van der Waals surface area contributed by atoms with E-state index in [9.17, 15) is 5.11 Å². The van der Waals surface area contributed by atoms with Crippen molar-refractivity contribution in [2.45, 2.75) is 32.9 Å². The van der Waals surface area contributed by atoms with Crippen molar-refractivity contribution in [3.8, 4) is 5.75 Å². The van der Waals surface area contributed by atoms with E-state index in [0.29, 0.717) is 6.04 Å². The van der Waals surface area contributed by atoms with Crippen molar-refractivity contribution in [3.05, 3.63) is 36.4 Å². The molecular weight excluding hydrogens is 212 g/mol. The molecule has 3 N–H and O–H groups in total. The van der Waals surface area contributed by atoms with Crippen molar-refractivity contribution < 1.29 is 5.11 Å². The molecule has 0 radical (unpaired) electrons. The van der Waals surface area contributed by atoms with E-state index in [4.69, 9.17) is 5.73 Å². The first kappa shape index (κ1) is 13.6. The predicted molar refractivity (Wildman–Crippen MR) is 73.4 cm³/mol. The molecule has 17 heavy (non-hydrogen) atoms. The molecule has 0 fully saturated rings. The Morgan fingerprint density at radius 1 is 1.41 bits per heavy atom. The number of hydrogen-bond donors (Lipinski definition) is 2. The minimum atomic E-state index is -0.157. The van der Waals surface area contributed by atoms with Gasteiger partial charge >= 0.3 is 0 Å². The Balaban J connectivity index is 3.06. The Labute approximate surface area is 104 Å². The molecule has 1 atom stereocenters. The van der Waals surface area contributed by atoms with Crippen LogP contribution in [0, 0.1) is 0 Å². The van der Waals surface area contributed by atoms with Crippen LogP contribution < -0.4 is 10.6 Å².